The highest BCUT2D eigenvalue weighted by molar-refractivity contribution is 8.00. The molecule has 1 amide bonds. The SMILES string of the molecule is C#CCC1=C(C(=S)OC(C)OC(=O)OC(C)C)N2C(=O)[C@@H](N)[C@H]2SC1.Cl. The maximum Gasteiger partial charge on any atom is 0.511 e. The number of nitrogens with two attached hydrogens (primary N) is 1. The monoisotopic (exact) mass is 420 g/mol. The average molecular weight is 421 g/mol. The number of β-lactam (4-membered cyclic amide) rings is 1. The predicted octanol–water partition coefficient (Wildman–Crippen LogP) is 2.18. The van der Waals surface area contributed by atoms with E-state index in [4.69, 9.17) is 38.6 Å². The fourth-order valence-electron chi connectivity index (χ4n) is 2.41. The van der Waals surface area contributed by atoms with Gasteiger partial charge in [-0.15, -0.1) is 36.5 Å². The normalized spacial score (nSPS) is 22.5. The molecule has 26 heavy (non-hydrogen) atoms. The molecule has 2 rings (SSSR count). The molecule has 3 atom stereocenters. The molecular formula is C16H21ClN2O5S2. The number of hydrogen-bond donors (Lipinski definition) is 1. The van der Waals surface area contributed by atoms with Crippen LogP contribution < -0.4 is 5.73 Å². The van der Waals surface area contributed by atoms with Crippen LogP contribution in [0.25, 0.3) is 0 Å². The van der Waals surface area contributed by atoms with Gasteiger partial charge in [0.25, 0.3) is 0 Å². The number of nitrogens with zero attached hydrogens (tertiary/aromatic N) is 1. The largest absolute Gasteiger partial charge is 0.511 e. The molecule has 1 unspecified atom stereocenters. The number of rotatable bonds is 5. The van der Waals surface area contributed by atoms with Gasteiger partial charge < -0.3 is 19.9 Å². The molecule has 1 fully saturated rings. The Morgan fingerprint density at radius 3 is 2.65 bits per heavy atom. The van der Waals surface area contributed by atoms with E-state index in [-0.39, 0.29) is 34.8 Å². The van der Waals surface area contributed by atoms with Crippen LogP contribution in [-0.2, 0) is 19.0 Å². The van der Waals surface area contributed by atoms with E-state index in [0.29, 0.717) is 17.9 Å². The number of thiocarbonyl (C=S) groups is 1. The quantitative estimate of drug-likeness (QED) is 0.238. The lowest BCUT2D eigenvalue weighted by atomic mass is 10.0. The van der Waals surface area contributed by atoms with Gasteiger partial charge in [0.15, 0.2) is 0 Å². The number of amides is 1. The Balaban J connectivity index is 0.00000338. The smallest absolute Gasteiger partial charge is 0.442 e. The molecule has 0 spiro atoms. The van der Waals surface area contributed by atoms with Gasteiger partial charge in [-0.25, -0.2) is 4.79 Å². The highest BCUT2D eigenvalue weighted by atomic mass is 35.5. The summed E-state index contributed by atoms with van der Waals surface area (Å²) in [5.41, 5.74) is 7.09. The van der Waals surface area contributed by atoms with Crippen LogP contribution in [0, 0.1) is 12.3 Å². The summed E-state index contributed by atoms with van der Waals surface area (Å²) < 4.78 is 15.4. The van der Waals surface area contributed by atoms with E-state index < -0.39 is 18.5 Å². The third-order valence-corrected chi connectivity index (χ3v) is 5.11. The summed E-state index contributed by atoms with van der Waals surface area (Å²) in [5.74, 6) is 2.93. The average Bonchev–Trinajstić information content (AvgIpc) is 2.52. The van der Waals surface area contributed by atoms with Gasteiger partial charge in [0.2, 0.25) is 17.2 Å². The number of halogens is 1. The highest BCUT2D eigenvalue weighted by Crippen LogP contribution is 2.40. The van der Waals surface area contributed by atoms with E-state index in [2.05, 4.69) is 5.92 Å². The van der Waals surface area contributed by atoms with Gasteiger partial charge in [-0.3, -0.25) is 9.69 Å². The molecule has 2 N–H and O–H groups in total. The number of ether oxygens (including phenoxy) is 3. The molecule has 144 valence electrons. The van der Waals surface area contributed by atoms with Crippen LogP contribution in [0.2, 0.25) is 0 Å². The second kappa shape index (κ2) is 9.46. The van der Waals surface area contributed by atoms with Crippen molar-refractivity contribution >= 4 is 53.5 Å². The Bertz CT molecular complexity index is 662. The fraction of sp³-hybridized carbons (Fsp3) is 0.562. The van der Waals surface area contributed by atoms with Crippen molar-refractivity contribution < 1.29 is 23.8 Å². The second-order valence-electron chi connectivity index (χ2n) is 5.78. The van der Waals surface area contributed by atoms with E-state index in [0.717, 1.165) is 5.57 Å². The standard InChI is InChI=1S/C16H20N2O5S2.ClH/c1-5-6-10-7-25-14-11(17)13(19)18(14)12(10)15(24)22-9(4)23-16(20)21-8(2)3;/h1,8-9,11,14H,6-7,17H2,2-4H3;1H/t9?,11-,14-;/m1./s1. The Hall–Kier alpha value is -1.47. The van der Waals surface area contributed by atoms with Crippen LogP contribution in [0.3, 0.4) is 0 Å². The first-order valence-electron chi connectivity index (χ1n) is 7.70. The minimum absolute atomic E-state index is 0. The molecular weight excluding hydrogens is 400 g/mol. The predicted molar refractivity (Wildman–Crippen MR) is 105 cm³/mol. The Morgan fingerprint density at radius 2 is 2.08 bits per heavy atom. The summed E-state index contributed by atoms with van der Waals surface area (Å²) in [6.45, 7) is 4.91. The molecule has 0 aromatic heterocycles. The van der Waals surface area contributed by atoms with Crippen LogP contribution >= 0.6 is 36.4 Å². The van der Waals surface area contributed by atoms with Crippen molar-refractivity contribution in [1.29, 1.82) is 0 Å². The van der Waals surface area contributed by atoms with Gasteiger partial charge >= 0.3 is 6.16 Å². The molecule has 0 aliphatic carbocycles. The number of fused-ring (bicyclic) bond motifs is 1. The maximum atomic E-state index is 12.1. The van der Waals surface area contributed by atoms with Crippen molar-refractivity contribution in [1.82, 2.24) is 4.90 Å². The van der Waals surface area contributed by atoms with E-state index in [1.807, 2.05) is 0 Å². The van der Waals surface area contributed by atoms with Crippen LogP contribution in [-0.4, -0.2) is 51.6 Å². The lowest BCUT2D eigenvalue weighted by Crippen LogP contribution is -2.68. The minimum atomic E-state index is -0.976. The van der Waals surface area contributed by atoms with Crippen LogP contribution in [0.5, 0.6) is 0 Å². The summed E-state index contributed by atoms with van der Waals surface area (Å²) in [4.78, 5) is 25.2. The van der Waals surface area contributed by atoms with Gasteiger partial charge in [-0.1, -0.05) is 0 Å². The van der Waals surface area contributed by atoms with Crippen LogP contribution in [0.1, 0.15) is 27.2 Å². The zero-order valence-corrected chi connectivity index (χ0v) is 17.0. The number of thioether (sulfide) groups is 1. The van der Waals surface area contributed by atoms with Gasteiger partial charge in [-0.05, 0) is 31.6 Å². The molecule has 2 heterocycles. The molecule has 2 aliphatic rings. The first-order chi connectivity index (χ1) is 11.8. The lowest BCUT2D eigenvalue weighted by molar-refractivity contribution is -0.141. The van der Waals surface area contributed by atoms with Crippen molar-refractivity contribution in [2.75, 3.05) is 5.75 Å². The van der Waals surface area contributed by atoms with Crippen molar-refractivity contribution in [3.05, 3.63) is 11.3 Å². The lowest BCUT2D eigenvalue weighted by Gasteiger charge is -2.49. The van der Waals surface area contributed by atoms with E-state index in [1.165, 1.54) is 23.6 Å². The molecule has 0 radical (unpaired) electrons. The van der Waals surface area contributed by atoms with Crippen molar-refractivity contribution in [2.45, 2.75) is 51.0 Å². The highest BCUT2D eigenvalue weighted by Gasteiger charge is 2.51. The van der Waals surface area contributed by atoms with Crippen molar-refractivity contribution in [3.63, 3.8) is 0 Å². The molecule has 7 nitrogen and oxygen atoms in total. The fourth-order valence-corrected chi connectivity index (χ4v) is 4.08. The summed E-state index contributed by atoms with van der Waals surface area (Å²) in [5, 5.41) is -0.145. The minimum Gasteiger partial charge on any atom is -0.442 e. The number of terminal acetylenes is 1. The number of carbonyl (C=O) groups excluding carboxylic acids is 2. The van der Waals surface area contributed by atoms with E-state index >= 15 is 0 Å². The van der Waals surface area contributed by atoms with E-state index in [1.54, 1.807) is 13.8 Å². The number of hydrogen-bond acceptors (Lipinski definition) is 8. The first kappa shape index (κ1) is 22.6. The Kier molecular flexibility index (Phi) is 8.21. The summed E-state index contributed by atoms with van der Waals surface area (Å²) in [6.07, 6.45) is 3.59. The van der Waals surface area contributed by atoms with Crippen LogP contribution in [0.15, 0.2) is 11.3 Å². The van der Waals surface area contributed by atoms with Crippen LogP contribution in [0.4, 0.5) is 4.79 Å². The maximum absolute atomic E-state index is 12.1. The summed E-state index contributed by atoms with van der Waals surface area (Å²) in [6, 6.07) is -0.565. The van der Waals surface area contributed by atoms with Gasteiger partial charge in [-0.2, -0.15) is 0 Å². The molecule has 1 saturated heterocycles. The van der Waals surface area contributed by atoms with Gasteiger partial charge in [0.05, 0.1) is 6.10 Å². The second-order valence-corrected chi connectivity index (χ2v) is 7.25. The Morgan fingerprint density at radius 1 is 1.42 bits per heavy atom. The molecule has 0 aromatic carbocycles. The summed E-state index contributed by atoms with van der Waals surface area (Å²) >= 11 is 6.85. The molecule has 0 aromatic rings. The number of carbonyl (C=O) groups is 2. The topological polar surface area (TPSA) is 91.1 Å². The molecule has 0 bridgehead atoms. The third kappa shape index (κ3) is 4.82. The zero-order valence-electron chi connectivity index (χ0n) is 14.6. The van der Waals surface area contributed by atoms with Crippen molar-refractivity contribution in [2.24, 2.45) is 5.73 Å². The van der Waals surface area contributed by atoms with Crippen molar-refractivity contribution in [3.8, 4) is 12.3 Å². The van der Waals surface area contributed by atoms with Gasteiger partial charge in [0.1, 0.15) is 17.1 Å². The van der Waals surface area contributed by atoms with Gasteiger partial charge in [0, 0.05) is 19.1 Å². The summed E-state index contributed by atoms with van der Waals surface area (Å²) in [7, 11) is 0. The van der Waals surface area contributed by atoms with E-state index in [9.17, 15) is 9.59 Å². The zero-order chi connectivity index (χ0) is 18.7. The first-order valence-corrected chi connectivity index (χ1v) is 9.16. The third-order valence-electron chi connectivity index (χ3n) is 3.46. The molecule has 2 aliphatic heterocycles. The molecule has 0 saturated carbocycles. The molecule has 10 heteroatoms. The Labute approximate surface area is 168 Å².